The largest absolute Gasteiger partial charge is 0.508 e. The zero-order valence-electron chi connectivity index (χ0n) is 81.4. The molecule has 51 nitrogen and oxygen atoms in total. The average Bonchev–Trinajstić information content (AvgIpc) is 1.72. The number of carbonyl (C=O) groups is 17. The monoisotopic (exact) mass is 2020 g/mol. The summed E-state index contributed by atoms with van der Waals surface area (Å²) in [5.74, 6) is -18.5. The van der Waals surface area contributed by atoms with Crippen LogP contribution in [-0.2, 0) is 107 Å². The molecule has 0 aliphatic carbocycles. The summed E-state index contributed by atoms with van der Waals surface area (Å²) in [5.41, 5.74) is 36.0. The highest BCUT2D eigenvalue weighted by atomic mass is 16.3. The molecule has 6 rings (SSSR count). The van der Waals surface area contributed by atoms with Crippen molar-refractivity contribution >= 4 is 129 Å². The Bertz CT molecular complexity index is 5360. The van der Waals surface area contributed by atoms with Crippen molar-refractivity contribution in [3.05, 3.63) is 150 Å². The first kappa shape index (κ1) is 118. The number of nitrogens with one attached hydrogen (secondary N) is 23. The molecule has 0 saturated carbocycles. The van der Waals surface area contributed by atoms with Gasteiger partial charge in [0.2, 0.25) is 100 Å². The molecule has 0 saturated heterocycles. The second-order valence-electron chi connectivity index (χ2n) is 34.8. The molecule has 0 bridgehead atoms. The van der Waals surface area contributed by atoms with Gasteiger partial charge in [0, 0.05) is 88.1 Å². The summed E-state index contributed by atoms with van der Waals surface area (Å²) in [6.07, 6.45) is 0.522. The summed E-state index contributed by atoms with van der Waals surface area (Å²) in [6, 6.07) is 2.15. The number of H-pyrrole nitrogens is 2. The first-order chi connectivity index (χ1) is 68.9. The Morgan fingerprint density at radius 3 is 1.28 bits per heavy atom. The molecule has 51 heteroatoms. The summed E-state index contributed by atoms with van der Waals surface area (Å²) >= 11 is 0. The number of primary amides is 3. The number of carbonyl (C=O) groups excluding carboxylic acids is 17. The lowest BCUT2D eigenvalue weighted by atomic mass is 10.0. The number of imidazole rings is 1. The van der Waals surface area contributed by atoms with Crippen molar-refractivity contribution in [2.45, 2.75) is 253 Å². The van der Waals surface area contributed by atoms with E-state index in [0.29, 0.717) is 46.9 Å². The number of phenolic OH excluding ortho intramolecular Hbond substituents is 2. The van der Waals surface area contributed by atoms with Gasteiger partial charge in [0.1, 0.15) is 90.0 Å². The van der Waals surface area contributed by atoms with Gasteiger partial charge in [0.25, 0.3) is 0 Å². The fourth-order valence-corrected chi connectivity index (χ4v) is 15.2. The van der Waals surface area contributed by atoms with Crippen molar-refractivity contribution in [3.8, 4) is 11.5 Å². The third kappa shape index (κ3) is 41.9. The number of aliphatic hydroxyl groups excluding tert-OH is 2. The van der Waals surface area contributed by atoms with E-state index >= 15 is 28.8 Å². The molecule has 2 heterocycles. The molecule has 39 N–H and O–H groups in total. The SMILES string of the molecule is CCCC[C@H](NC(=O)[C@H](CO)NC(=O)[C@H](C)NC(C)=O)C(=O)N[C@@H](CCCNC(=N)N)C(=O)N[C@@H](Cc1c[nH]cn1)C(=O)N[C@@H](Cc1ccc(O)cc1)C(=O)N[C@@H](CCCC)C(=O)N[C@@H](CC(N)=O)C(=O)N[C@@H](Cc1c[nH]c2ccccc12)C(=O)N[C@H](C(=O)N[C@H](C(=O)N[C@@H](CCCNC(=N)N)C(=O)N[C@@H](CCC(N)=O)C(=O)N[C@@H](CCCNC(=N)N)CN[C@@H](Cc1ccc(O)cc1)C(N)=O)[C@@H](C)O)c1ccccc1. The molecule has 0 spiro atoms. The second-order valence-corrected chi connectivity index (χ2v) is 34.8. The van der Waals surface area contributed by atoms with Gasteiger partial charge in [-0.3, -0.25) is 97.7 Å². The van der Waals surface area contributed by atoms with Crippen molar-refractivity contribution in [1.29, 1.82) is 16.2 Å². The smallest absolute Gasteiger partial charge is 0.247 e. The van der Waals surface area contributed by atoms with Crippen molar-refractivity contribution in [1.82, 2.24) is 111 Å². The number of hydrogen-bond acceptors (Lipinski definition) is 26. The minimum Gasteiger partial charge on any atom is -0.508 e. The highest BCUT2D eigenvalue weighted by molar-refractivity contribution is 6.02. The Kier molecular flexibility index (Phi) is 49.4. The predicted molar refractivity (Wildman–Crippen MR) is 530 cm³/mol. The van der Waals surface area contributed by atoms with Gasteiger partial charge in [0.15, 0.2) is 17.9 Å². The quantitative estimate of drug-likeness (QED) is 0.00960. The number of hydrogen-bond donors (Lipinski definition) is 33. The third-order valence-corrected chi connectivity index (χ3v) is 23.0. The number of nitrogens with zero attached hydrogens (tertiary/aromatic N) is 1. The fraction of sp³-hybridized carbons (Fsp3) is 0.479. The molecule has 4 aromatic carbocycles. The minimum absolute atomic E-state index is 0.00914. The van der Waals surface area contributed by atoms with Crippen LogP contribution >= 0.6 is 0 Å². The number of nitrogens with two attached hydrogens (primary N) is 6. The topological polar surface area (TPSA) is 860 Å². The van der Waals surface area contributed by atoms with Crippen molar-refractivity contribution < 1.29 is 102 Å². The average molecular weight is 2020 g/mol. The van der Waals surface area contributed by atoms with Gasteiger partial charge in [-0.1, -0.05) is 112 Å². The van der Waals surface area contributed by atoms with Crippen molar-refractivity contribution in [2.75, 3.05) is 32.8 Å². The maximum absolute atomic E-state index is 15.5. The van der Waals surface area contributed by atoms with Gasteiger partial charge in [-0.25, -0.2) is 4.98 Å². The Morgan fingerprint density at radius 2 is 0.821 bits per heavy atom. The molecule has 6 aromatic rings. The summed E-state index contributed by atoms with van der Waals surface area (Å²) < 4.78 is 0. The van der Waals surface area contributed by atoms with E-state index in [1.165, 1.54) is 86.3 Å². The van der Waals surface area contributed by atoms with Crippen LogP contribution in [0.2, 0.25) is 0 Å². The molecule has 0 aliphatic heterocycles. The molecule has 17 amide bonds. The van der Waals surface area contributed by atoms with Crippen LogP contribution in [0.15, 0.2) is 122 Å². The summed E-state index contributed by atoms with van der Waals surface area (Å²) in [7, 11) is 0. The lowest BCUT2D eigenvalue weighted by molar-refractivity contribution is -0.137. The van der Waals surface area contributed by atoms with Crippen LogP contribution in [0.25, 0.3) is 10.9 Å². The van der Waals surface area contributed by atoms with Gasteiger partial charge >= 0.3 is 0 Å². The second kappa shape index (κ2) is 60.9. The van der Waals surface area contributed by atoms with Crippen LogP contribution in [0.4, 0.5) is 0 Å². The number of rotatable bonds is 65. The zero-order chi connectivity index (χ0) is 107. The number of aliphatic hydroxyl groups is 2. The van der Waals surface area contributed by atoms with Crippen molar-refractivity contribution in [2.24, 2.45) is 34.4 Å². The van der Waals surface area contributed by atoms with Crippen molar-refractivity contribution in [3.63, 3.8) is 0 Å². The maximum Gasteiger partial charge on any atom is 0.247 e. The van der Waals surface area contributed by atoms with Crippen LogP contribution in [0, 0.1) is 16.2 Å². The third-order valence-electron chi connectivity index (χ3n) is 23.0. The molecule has 0 fully saturated rings. The van der Waals surface area contributed by atoms with Crippen LogP contribution < -0.4 is 130 Å². The first-order valence-electron chi connectivity index (χ1n) is 47.4. The number of unbranched alkanes of at least 4 members (excludes halogenated alkanes) is 2. The molecular formula is C94H138N30O21. The van der Waals surface area contributed by atoms with Crippen LogP contribution in [0.5, 0.6) is 11.5 Å². The molecule has 0 aliphatic rings. The van der Waals surface area contributed by atoms with Gasteiger partial charge < -0.3 is 160 Å². The van der Waals surface area contributed by atoms with E-state index in [4.69, 9.17) is 50.6 Å². The molecular weight excluding hydrogens is 1890 g/mol. The molecule has 16 atom stereocenters. The highest BCUT2D eigenvalue weighted by Gasteiger charge is 2.40. The zero-order valence-corrected chi connectivity index (χ0v) is 81.4. The van der Waals surface area contributed by atoms with E-state index in [0.717, 1.165) is 13.8 Å². The van der Waals surface area contributed by atoms with Gasteiger partial charge in [0.05, 0.1) is 37.2 Å². The Balaban J connectivity index is 1.30. The number of fused-ring (bicyclic) bond motifs is 1. The summed E-state index contributed by atoms with van der Waals surface area (Å²) in [4.78, 5) is 252. The van der Waals surface area contributed by atoms with E-state index < -0.39 is 248 Å². The Labute approximate surface area is 836 Å². The molecule has 145 heavy (non-hydrogen) atoms. The number of benzene rings is 4. The molecule has 790 valence electrons. The summed E-state index contributed by atoms with van der Waals surface area (Å²) in [6.45, 7) is 6.19. The lowest BCUT2D eigenvalue weighted by Gasteiger charge is -2.29. The molecule has 0 radical (unpaired) electrons. The standard InChI is InChI=1S/C94H138N30O21/c1-6-8-22-63(115-89(143)73(48-125)122-79(133)50(3)111-52(5)127)81(135)113-65(25-16-38-106-93(100)101)84(138)120-71(43-58-46-104-49-110-58)86(140)118-69(41-54-29-33-60(129)34-30-54)85(139)114-64(23-9-7-2)83(137)121-72(44-75(96)131)87(141)119-70(42-56-45-108-62-24-14-13-21-61(56)62)88(142)124-77(55-18-11-10-12-19-55)91(145)123-76(51(4)126)90(144)117-66(26-17-39-107-94(102)103)82(136)116-67(35-36-74(95)130)80(134)112-57(20-15-37-105-92(98)99)47-109-68(78(97)132)40-53-27-31-59(128)32-28-53/h10-14,18-19,21,24,27-34,45-46,49-51,57,63-73,76-77,108-109,125-126,128-129H,6-9,15-17,20,22-23,25-26,35-44,47-48H2,1-5H3,(H2,95,130)(H2,96,131)(H2,97,132)(H,104,110)(H,111,127)(H,112,134)(H,113,135)(H,114,139)(H,115,143)(H,116,136)(H,117,144)(H,118,140)(H,119,141)(H,120,138)(H,121,137)(H,122,133)(H,123,145)(H,124,142)(H4,98,99,105)(H4,100,101,106)(H4,102,103,107)/t50-,51+,57-,63-,64-,65-,66-,67-,68-,69-,70-,71-,72-,73-,76-,77-/m0/s1. The Hall–Kier alpha value is -16.1. The highest BCUT2D eigenvalue weighted by Crippen LogP contribution is 2.23. The van der Waals surface area contributed by atoms with E-state index in [9.17, 15) is 73.2 Å². The number of phenols is 2. The first-order valence-corrected chi connectivity index (χ1v) is 47.4. The molecule has 0 unspecified atom stereocenters. The van der Waals surface area contributed by atoms with Crippen LogP contribution in [0.3, 0.4) is 0 Å². The Morgan fingerprint density at radius 1 is 0.407 bits per heavy atom. The number of aromatic amines is 2. The number of amides is 17. The number of aromatic nitrogens is 3. The van der Waals surface area contributed by atoms with Gasteiger partial charge in [-0.15, -0.1) is 0 Å². The van der Waals surface area contributed by atoms with E-state index in [2.05, 4.69) is 111 Å². The molecule has 2 aromatic heterocycles. The normalized spacial score (nSPS) is 14.4. The predicted octanol–water partition coefficient (Wildman–Crippen LogP) is -6.10. The van der Waals surface area contributed by atoms with Crippen LogP contribution in [0.1, 0.15) is 165 Å². The number of aromatic hydroxyl groups is 2. The number of guanidine groups is 3. The minimum atomic E-state index is -2.00. The van der Waals surface area contributed by atoms with E-state index in [1.54, 1.807) is 56.3 Å². The lowest BCUT2D eigenvalue weighted by Crippen LogP contribution is -2.61. The van der Waals surface area contributed by atoms with Crippen LogP contribution in [-0.4, -0.2) is 277 Å². The fourth-order valence-electron chi connectivity index (χ4n) is 15.2. The van der Waals surface area contributed by atoms with E-state index in [1.807, 2.05) is 0 Å². The van der Waals surface area contributed by atoms with Gasteiger partial charge in [-0.2, -0.15) is 0 Å². The van der Waals surface area contributed by atoms with E-state index in [-0.39, 0.29) is 126 Å². The summed E-state index contributed by atoms with van der Waals surface area (Å²) in [5, 5.41) is 112. The number of para-hydroxylation sites is 1. The maximum atomic E-state index is 15.5. The van der Waals surface area contributed by atoms with Gasteiger partial charge in [-0.05, 0) is 131 Å².